The first-order chi connectivity index (χ1) is 16.0. The number of nitrogens with zero attached hydrogens (tertiary/aromatic N) is 4. The van der Waals surface area contributed by atoms with Gasteiger partial charge in [-0.1, -0.05) is 12.1 Å². The number of amides is 1. The van der Waals surface area contributed by atoms with E-state index < -0.39 is 35.5 Å². The molecule has 3 aromatic rings. The topological polar surface area (TPSA) is 117 Å². The summed E-state index contributed by atoms with van der Waals surface area (Å²) in [6.07, 6.45) is -2.64. The van der Waals surface area contributed by atoms with Gasteiger partial charge in [-0.25, -0.2) is 9.78 Å². The Morgan fingerprint density at radius 3 is 2.41 bits per heavy atom. The summed E-state index contributed by atoms with van der Waals surface area (Å²) >= 11 is 0. The number of aromatic nitrogens is 2. The Labute approximate surface area is 190 Å². The van der Waals surface area contributed by atoms with Crippen LogP contribution in [0.5, 0.6) is 0 Å². The van der Waals surface area contributed by atoms with Gasteiger partial charge in [-0.05, 0) is 18.2 Å². The van der Waals surface area contributed by atoms with Gasteiger partial charge in [0.05, 0.1) is 33.9 Å². The lowest BCUT2D eigenvalue weighted by Crippen LogP contribution is -2.29. The Kier molecular flexibility index (Phi) is 6.84. The van der Waals surface area contributed by atoms with Crippen LogP contribution in [-0.4, -0.2) is 40.4 Å². The molecular weight excluding hydrogens is 461 g/mol. The second-order valence-corrected chi connectivity index (χ2v) is 6.89. The van der Waals surface area contributed by atoms with E-state index in [4.69, 9.17) is 4.74 Å². The van der Waals surface area contributed by atoms with Crippen molar-refractivity contribution in [2.75, 3.05) is 18.7 Å². The second kappa shape index (κ2) is 9.60. The minimum atomic E-state index is -4.48. The average molecular weight is 478 g/mol. The van der Waals surface area contributed by atoms with Gasteiger partial charge in [-0.15, -0.1) is 0 Å². The Morgan fingerprint density at radius 2 is 1.82 bits per heavy atom. The van der Waals surface area contributed by atoms with E-state index in [-0.39, 0.29) is 17.1 Å². The highest BCUT2D eigenvalue weighted by molar-refractivity contribution is 5.90. The highest BCUT2D eigenvalue weighted by Gasteiger charge is 2.30. The fourth-order valence-electron chi connectivity index (χ4n) is 2.91. The summed E-state index contributed by atoms with van der Waals surface area (Å²) in [5, 5.41) is 11.3. The maximum atomic E-state index is 12.8. The molecule has 34 heavy (non-hydrogen) atoms. The number of imidazole rings is 1. The van der Waals surface area contributed by atoms with Crippen molar-refractivity contribution >= 4 is 23.4 Å². The number of carbonyl (C=O) groups is 2. The van der Waals surface area contributed by atoms with E-state index in [0.29, 0.717) is 11.3 Å². The van der Waals surface area contributed by atoms with Crippen LogP contribution in [0, 0.1) is 10.1 Å². The van der Waals surface area contributed by atoms with Gasteiger partial charge in [0.25, 0.3) is 5.69 Å². The first-order valence-electron chi connectivity index (χ1n) is 9.51. The van der Waals surface area contributed by atoms with Crippen molar-refractivity contribution in [3.8, 4) is 16.9 Å². The minimum Gasteiger partial charge on any atom is -0.428 e. The van der Waals surface area contributed by atoms with Gasteiger partial charge in [0.15, 0.2) is 0 Å². The predicted octanol–water partition coefficient (Wildman–Crippen LogP) is 4.56. The molecule has 1 aromatic heterocycles. The van der Waals surface area contributed by atoms with Crippen LogP contribution in [0.25, 0.3) is 16.9 Å². The number of nitro benzene ring substituents is 1. The van der Waals surface area contributed by atoms with E-state index >= 15 is 0 Å². The number of anilines is 1. The maximum absolute atomic E-state index is 12.8. The molecule has 1 heterocycles. The predicted molar refractivity (Wildman–Crippen MR) is 112 cm³/mol. The highest BCUT2D eigenvalue weighted by Crippen LogP contribution is 2.32. The van der Waals surface area contributed by atoms with E-state index in [1.807, 2.05) is 0 Å². The summed E-state index contributed by atoms with van der Waals surface area (Å²) in [5.41, 5.74) is -0.0449. The number of ether oxygens (including phenoxy) is 2. The number of carbonyl (C=O) groups excluding carboxylic acids is 2. The van der Waals surface area contributed by atoms with Crippen LogP contribution in [0.1, 0.15) is 12.5 Å². The zero-order valence-corrected chi connectivity index (χ0v) is 17.8. The molecule has 0 fully saturated rings. The van der Waals surface area contributed by atoms with Gasteiger partial charge in [0, 0.05) is 37.9 Å². The SMILES string of the molecule is CC(=O)OCOC(=O)N(C)c1ccc([N+](=O)[O-])cc1-n1cnc(-c2ccc(C(F)(F)F)cc2)c1. The summed E-state index contributed by atoms with van der Waals surface area (Å²) in [5.74, 6) is -0.652. The fraction of sp³-hybridized carbons (Fsp3) is 0.190. The van der Waals surface area contributed by atoms with E-state index in [9.17, 15) is 32.9 Å². The zero-order chi connectivity index (χ0) is 25.0. The van der Waals surface area contributed by atoms with Crippen molar-refractivity contribution in [3.05, 3.63) is 70.7 Å². The number of hydrogen-bond acceptors (Lipinski definition) is 7. The lowest BCUT2D eigenvalue weighted by atomic mass is 10.1. The molecule has 0 saturated carbocycles. The molecule has 0 unspecified atom stereocenters. The quantitative estimate of drug-likeness (QED) is 0.221. The Morgan fingerprint density at radius 1 is 1.15 bits per heavy atom. The molecule has 178 valence electrons. The molecule has 0 aliphatic heterocycles. The minimum absolute atomic E-state index is 0.173. The summed E-state index contributed by atoms with van der Waals surface area (Å²) in [7, 11) is 1.34. The van der Waals surface area contributed by atoms with Crippen molar-refractivity contribution < 1.29 is 37.2 Å². The van der Waals surface area contributed by atoms with Crippen LogP contribution in [0.15, 0.2) is 55.0 Å². The number of nitro groups is 1. The van der Waals surface area contributed by atoms with Crippen LogP contribution < -0.4 is 4.90 Å². The molecule has 2 aromatic carbocycles. The highest BCUT2D eigenvalue weighted by atomic mass is 19.4. The fourth-order valence-corrected chi connectivity index (χ4v) is 2.91. The van der Waals surface area contributed by atoms with Crippen molar-refractivity contribution in [3.63, 3.8) is 0 Å². The number of non-ortho nitro benzene ring substituents is 1. The smallest absolute Gasteiger partial charge is 0.416 e. The number of alkyl halides is 3. The van der Waals surface area contributed by atoms with Gasteiger partial charge < -0.3 is 14.0 Å². The largest absolute Gasteiger partial charge is 0.428 e. The summed E-state index contributed by atoms with van der Waals surface area (Å²) in [4.78, 5) is 39.0. The molecule has 0 aliphatic rings. The molecule has 0 spiro atoms. The molecule has 0 bridgehead atoms. The van der Waals surface area contributed by atoms with Crippen LogP contribution in [0.3, 0.4) is 0 Å². The number of rotatable bonds is 6. The summed E-state index contributed by atoms with van der Waals surface area (Å²) in [6, 6.07) is 8.04. The van der Waals surface area contributed by atoms with Crippen molar-refractivity contribution in [2.45, 2.75) is 13.1 Å². The molecular formula is C21H17F3N4O6. The third kappa shape index (κ3) is 5.49. The first kappa shape index (κ1) is 24.2. The normalized spacial score (nSPS) is 11.1. The lowest BCUT2D eigenvalue weighted by molar-refractivity contribution is -0.384. The third-order valence-electron chi connectivity index (χ3n) is 4.62. The number of benzene rings is 2. The van der Waals surface area contributed by atoms with Gasteiger partial charge >= 0.3 is 18.2 Å². The monoisotopic (exact) mass is 478 g/mol. The molecule has 1 amide bonds. The molecule has 3 rings (SSSR count). The van der Waals surface area contributed by atoms with Crippen LogP contribution >= 0.6 is 0 Å². The van der Waals surface area contributed by atoms with Gasteiger partial charge in [-0.3, -0.25) is 19.8 Å². The Bertz CT molecular complexity index is 1220. The Balaban J connectivity index is 1.94. The molecule has 10 nitrogen and oxygen atoms in total. The maximum Gasteiger partial charge on any atom is 0.416 e. The van der Waals surface area contributed by atoms with Crippen LogP contribution in [0.2, 0.25) is 0 Å². The van der Waals surface area contributed by atoms with E-state index in [1.54, 1.807) is 0 Å². The van der Waals surface area contributed by atoms with E-state index in [0.717, 1.165) is 24.0 Å². The van der Waals surface area contributed by atoms with Gasteiger partial charge in [0.2, 0.25) is 6.79 Å². The van der Waals surface area contributed by atoms with Crippen LogP contribution in [-0.2, 0) is 20.4 Å². The first-order valence-corrected chi connectivity index (χ1v) is 9.51. The van der Waals surface area contributed by atoms with Crippen molar-refractivity contribution in [2.24, 2.45) is 0 Å². The lowest BCUT2D eigenvalue weighted by Gasteiger charge is -2.20. The number of esters is 1. The van der Waals surface area contributed by atoms with Crippen molar-refractivity contribution in [1.29, 1.82) is 0 Å². The van der Waals surface area contributed by atoms with Crippen LogP contribution in [0.4, 0.5) is 29.3 Å². The Hall–Kier alpha value is -4.42. The third-order valence-corrected chi connectivity index (χ3v) is 4.62. The number of hydrogen-bond donors (Lipinski definition) is 0. The molecule has 13 heteroatoms. The molecule has 0 N–H and O–H groups in total. The molecule has 0 aliphatic carbocycles. The molecule has 0 atom stereocenters. The van der Waals surface area contributed by atoms with Gasteiger partial charge in [-0.2, -0.15) is 13.2 Å². The summed E-state index contributed by atoms with van der Waals surface area (Å²) in [6.45, 7) is 0.517. The molecule has 0 saturated heterocycles. The number of halogens is 3. The zero-order valence-electron chi connectivity index (χ0n) is 17.8. The summed E-state index contributed by atoms with van der Waals surface area (Å²) < 4.78 is 49.2. The molecule has 0 radical (unpaired) electrons. The second-order valence-electron chi connectivity index (χ2n) is 6.89. The van der Waals surface area contributed by atoms with E-state index in [2.05, 4.69) is 9.72 Å². The standard InChI is InChI=1S/C21H17F3N4O6/c1-13(29)33-12-34-20(30)26(2)18-8-7-16(28(31)32)9-19(18)27-10-17(25-11-27)14-3-5-15(6-4-14)21(22,23)24/h3-11H,12H2,1-2H3. The van der Waals surface area contributed by atoms with Crippen molar-refractivity contribution in [1.82, 2.24) is 9.55 Å². The van der Waals surface area contributed by atoms with E-state index in [1.165, 1.54) is 54.5 Å². The average Bonchev–Trinajstić information content (AvgIpc) is 3.27. The van der Waals surface area contributed by atoms with Gasteiger partial charge in [0.1, 0.15) is 0 Å².